The van der Waals surface area contributed by atoms with E-state index in [4.69, 9.17) is 21.4 Å². The van der Waals surface area contributed by atoms with Crippen LogP contribution in [-0.2, 0) is 4.79 Å². The molecule has 0 aromatic heterocycles. The topological polar surface area (TPSA) is 55.8 Å². The lowest BCUT2D eigenvalue weighted by Crippen LogP contribution is -2.18. The van der Waals surface area contributed by atoms with E-state index in [2.05, 4.69) is 4.74 Å². The lowest BCUT2D eigenvalue weighted by molar-refractivity contribution is -0.274. The van der Waals surface area contributed by atoms with Crippen molar-refractivity contribution in [1.29, 1.82) is 0 Å². The van der Waals surface area contributed by atoms with Gasteiger partial charge in [0.1, 0.15) is 11.5 Å². The number of thioether (sulfide) groups is 1. The standard InChI is InChI=1S/C24H18ClF3O4S/c25-20-14-17(10-11-22(20)31-15-23(29)30)33-13-12-18(16-6-2-1-3-7-16)19-8-4-5-9-21(19)32-24(26,27)28/h1-12,14H,13,15H2,(H,29,30). The number of aliphatic carboxylic acids is 1. The van der Waals surface area contributed by atoms with Gasteiger partial charge in [-0.25, -0.2) is 4.79 Å². The Kier molecular flexibility index (Phi) is 8.30. The predicted octanol–water partition coefficient (Wildman–Crippen LogP) is 6.93. The number of carbonyl (C=O) groups is 1. The van der Waals surface area contributed by atoms with E-state index >= 15 is 0 Å². The minimum Gasteiger partial charge on any atom is -0.480 e. The quantitative estimate of drug-likeness (QED) is 0.327. The maximum absolute atomic E-state index is 12.9. The van der Waals surface area contributed by atoms with Crippen LogP contribution < -0.4 is 9.47 Å². The maximum atomic E-state index is 12.9. The molecule has 0 fully saturated rings. The lowest BCUT2D eigenvalue weighted by atomic mass is 9.97. The fourth-order valence-corrected chi connectivity index (χ4v) is 4.06. The number of alkyl halides is 3. The highest BCUT2D eigenvalue weighted by atomic mass is 35.5. The van der Waals surface area contributed by atoms with E-state index in [1.54, 1.807) is 42.5 Å². The third-order valence-corrected chi connectivity index (χ3v) is 5.50. The summed E-state index contributed by atoms with van der Waals surface area (Å²) in [6.45, 7) is -0.505. The third kappa shape index (κ3) is 7.47. The number of hydrogen-bond donors (Lipinski definition) is 1. The molecule has 3 aromatic carbocycles. The van der Waals surface area contributed by atoms with E-state index < -0.39 is 18.9 Å². The van der Waals surface area contributed by atoms with Crippen LogP contribution in [-0.4, -0.2) is 29.8 Å². The third-order valence-electron chi connectivity index (χ3n) is 4.28. The van der Waals surface area contributed by atoms with E-state index in [9.17, 15) is 18.0 Å². The molecule has 0 aliphatic heterocycles. The second kappa shape index (κ2) is 11.2. The lowest BCUT2D eigenvalue weighted by Gasteiger charge is -2.16. The Hall–Kier alpha value is -3.10. The van der Waals surface area contributed by atoms with E-state index in [-0.39, 0.29) is 16.5 Å². The van der Waals surface area contributed by atoms with Gasteiger partial charge in [0.05, 0.1) is 5.02 Å². The zero-order valence-electron chi connectivity index (χ0n) is 17.0. The molecule has 9 heteroatoms. The SMILES string of the molecule is O=C(O)COc1ccc(SCC=C(c2ccccc2)c2ccccc2OC(F)(F)F)cc1Cl. The minimum atomic E-state index is -4.81. The van der Waals surface area contributed by atoms with Crippen molar-refractivity contribution in [2.24, 2.45) is 0 Å². The summed E-state index contributed by atoms with van der Waals surface area (Å²) >= 11 is 7.57. The molecule has 0 amide bonds. The predicted molar refractivity (Wildman–Crippen MR) is 122 cm³/mol. The van der Waals surface area contributed by atoms with Gasteiger partial charge < -0.3 is 14.6 Å². The van der Waals surface area contributed by atoms with Crippen LogP contribution in [0.15, 0.2) is 83.8 Å². The number of rotatable bonds is 9. The van der Waals surface area contributed by atoms with Crippen molar-refractivity contribution in [2.75, 3.05) is 12.4 Å². The van der Waals surface area contributed by atoms with Crippen LogP contribution >= 0.6 is 23.4 Å². The minimum absolute atomic E-state index is 0.252. The van der Waals surface area contributed by atoms with Crippen LogP contribution in [0.2, 0.25) is 5.02 Å². The van der Waals surface area contributed by atoms with Crippen LogP contribution in [0, 0.1) is 0 Å². The summed E-state index contributed by atoms with van der Waals surface area (Å²) in [5.74, 6) is -0.718. The molecule has 3 aromatic rings. The van der Waals surface area contributed by atoms with Crippen LogP contribution in [0.25, 0.3) is 5.57 Å². The Morgan fingerprint density at radius 1 is 1.00 bits per heavy atom. The first kappa shape index (κ1) is 24.5. The fraction of sp³-hybridized carbons (Fsp3) is 0.125. The van der Waals surface area contributed by atoms with Crippen molar-refractivity contribution in [1.82, 2.24) is 0 Å². The van der Waals surface area contributed by atoms with E-state index in [1.807, 2.05) is 24.3 Å². The normalized spacial score (nSPS) is 11.8. The number of ether oxygens (including phenoxy) is 2. The zero-order valence-corrected chi connectivity index (χ0v) is 18.6. The summed E-state index contributed by atoms with van der Waals surface area (Å²) in [4.78, 5) is 11.4. The van der Waals surface area contributed by atoms with Crippen molar-refractivity contribution < 1.29 is 32.5 Å². The average Bonchev–Trinajstić information content (AvgIpc) is 2.76. The van der Waals surface area contributed by atoms with Crippen LogP contribution in [0.5, 0.6) is 11.5 Å². The monoisotopic (exact) mass is 494 g/mol. The first-order valence-electron chi connectivity index (χ1n) is 9.60. The second-order valence-electron chi connectivity index (χ2n) is 6.61. The number of carboxylic acid groups (broad SMARTS) is 1. The van der Waals surface area contributed by atoms with E-state index in [1.165, 1.54) is 23.9 Å². The van der Waals surface area contributed by atoms with Crippen molar-refractivity contribution in [2.45, 2.75) is 11.3 Å². The molecule has 0 atom stereocenters. The fourth-order valence-electron chi connectivity index (χ4n) is 2.95. The summed E-state index contributed by atoms with van der Waals surface area (Å²) < 4.78 is 48.1. The highest BCUT2D eigenvalue weighted by molar-refractivity contribution is 7.99. The molecular weight excluding hydrogens is 477 g/mol. The molecule has 3 rings (SSSR count). The molecule has 0 radical (unpaired) electrons. The Labute approximate surface area is 197 Å². The largest absolute Gasteiger partial charge is 0.573 e. The molecule has 0 unspecified atom stereocenters. The summed E-state index contributed by atoms with van der Waals surface area (Å²) in [6, 6.07) is 20.0. The first-order chi connectivity index (χ1) is 15.7. The van der Waals surface area contributed by atoms with E-state index in [0.717, 1.165) is 10.5 Å². The Morgan fingerprint density at radius 2 is 1.70 bits per heavy atom. The summed E-state index contributed by atoms with van der Waals surface area (Å²) in [7, 11) is 0. The maximum Gasteiger partial charge on any atom is 0.573 e. The molecule has 0 heterocycles. The highest BCUT2D eigenvalue weighted by Gasteiger charge is 2.32. The Morgan fingerprint density at radius 3 is 2.36 bits per heavy atom. The number of para-hydroxylation sites is 1. The van der Waals surface area contributed by atoms with Crippen molar-refractivity contribution in [3.05, 3.63) is 95.0 Å². The molecular formula is C24H18ClF3O4S. The van der Waals surface area contributed by atoms with Gasteiger partial charge in [0.2, 0.25) is 0 Å². The number of hydrogen-bond acceptors (Lipinski definition) is 4. The second-order valence-corrected chi connectivity index (χ2v) is 8.11. The first-order valence-corrected chi connectivity index (χ1v) is 11.0. The van der Waals surface area contributed by atoms with Gasteiger partial charge in [-0.15, -0.1) is 24.9 Å². The molecule has 0 aliphatic carbocycles. The number of benzene rings is 3. The zero-order chi connectivity index (χ0) is 23.8. The van der Waals surface area contributed by atoms with Gasteiger partial charge in [0.15, 0.2) is 6.61 Å². The molecule has 0 saturated heterocycles. The van der Waals surface area contributed by atoms with E-state index in [0.29, 0.717) is 16.9 Å². The Bertz CT molecular complexity index is 1130. The van der Waals surface area contributed by atoms with Gasteiger partial charge in [-0.05, 0) is 35.4 Å². The van der Waals surface area contributed by atoms with Gasteiger partial charge in [-0.1, -0.05) is 66.2 Å². The van der Waals surface area contributed by atoms with Crippen molar-refractivity contribution in [3.8, 4) is 11.5 Å². The summed E-state index contributed by atoms with van der Waals surface area (Å²) in [5.41, 5.74) is 1.65. The van der Waals surface area contributed by atoms with Crippen molar-refractivity contribution >= 4 is 34.9 Å². The Balaban J connectivity index is 1.85. The van der Waals surface area contributed by atoms with Crippen LogP contribution in [0.4, 0.5) is 13.2 Å². The molecule has 172 valence electrons. The van der Waals surface area contributed by atoms with Gasteiger partial charge in [-0.3, -0.25) is 0 Å². The number of halogens is 4. The molecule has 33 heavy (non-hydrogen) atoms. The van der Waals surface area contributed by atoms with Gasteiger partial charge in [0, 0.05) is 16.2 Å². The molecule has 0 spiro atoms. The van der Waals surface area contributed by atoms with Crippen LogP contribution in [0.1, 0.15) is 11.1 Å². The molecule has 1 N–H and O–H groups in total. The molecule has 0 saturated carbocycles. The average molecular weight is 495 g/mol. The van der Waals surface area contributed by atoms with Crippen LogP contribution in [0.3, 0.4) is 0 Å². The summed E-state index contributed by atoms with van der Waals surface area (Å²) in [5, 5.41) is 8.97. The smallest absolute Gasteiger partial charge is 0.480 e. The highest BCUT2D eigenvalue weighted by Crippen LogP contribution is 2.35. The molecule has 4 nitrogen and oxygen atoms in total. The number of carboxylic acids is 1. The van der Waals surface area contributed by atoms with Crippen molar-refractivity contribution in [3.63, 3.8) is 0 Å². The molecule has 0 aliphatic rings. The van der Waals surface area contributed by atoms with Gasteiger partial charge in [-0.2, -0.15) is 0 Å². The molecule has 0 bridgehead atoms. The van der Waals surface area contributed by atoms with Gasteiger partial charge in [0.25, 0.3) is 0 Å². The van der Waals surface area contributed by atoms with Gasteiger partial charge >= 0.3 is 12.3 Å². The summed E-state index contributed by atoms with van der Waals surface area (Å²) in [6.07, 6.45) is -2.99.